The number of fused-ring (bicyclic) bond motifs is 1. The van der Waals surface area contributed by atoms with E-state index in [0.29, 0.717) is 11.0 Å². The molecular weight excluding hydrogens is 168 g/mol. The van der Waals surface area contributed by atoms with Gasteiger partial charge in [-0.25, -0.2) is 0 Å². The monoisotopic (exact) mass is 176 g/mol. The molecule has 0 aliphatic carbocycles. The van der Waals surface area contributed by atoms with Gasteiger partial charge in [-0.15, -0.1) is 0 Å². The Hall–Kier alpha value is -1.77. The summed E-state index contributed by atoms with van der Waals surface area (Å²) in [6, 6.07) is 5.21. The third-order valence-corrected chi connectivity index (χ3v) is 1.91. The van der Waals surface area contributed by atoms with Crippen LogP contribution in [-0.4, -0.2) is 5.11 Å². The minimum atomic E-state index is -0.388. The van der Waals surface area contributed by atoms with Crippen molar-refractivity contribution in [2.45, 2.75) is 6.92 Å². The summed E-state index contributed by atoms with van der Waals surface area (Å²) in [6.07, 6.45) is 1.06. The van der Waals surface area contributed by atoms with E-state index >= 15 is 0 Å². The van der Waals surface area contributed by atoms with Crippen LogP contribution in [0.4, 0.5) is 0 Å². The molecule has 0 atom stereocenters. The van der Waals surface area contributed by atoms with Crippen LogP contribution in [0.15, 0.2) is 33.7 Å². The van der Waals surface area contributed by atoms with Gasteiger partial charge < -0.3 is 9.52 Å². The van der Waals surface area contributed by atoms with Crippen LogP contribution >= 0.6 is 0 Å². The van der Waals surface area contributed by atoms with Crippen LogP contribution in [0.3, 0.4) is 0 Å². The van der Waals surface area contributed by atoms with Gasteiger partial charge in [-0.2, -0.15) is 0 Å². The molecule has 0 aliphatic heterocycles. The molecule has 0 radical (unpaired) electrons. The number of aryl methyl sites for hydroxylation is 1. The molecule has 0 aliphatic rings. The summed E-state index contributed by atoms with van der Waals surface area (Å²) in [7, 11) is 0. The van der Waals surface area contributed by atoms with Gasteiger partial charge in [0.2, 0.25) is 5.43 Å². The van der Waals surface area contributed by atoms with Crippen LogP contribution in [-0.2, 0) is 0 Å². The first-order chi connectivity index (χ1) is 6.18. The fourth-order valence-electron chi connectivity index (χ4n) is 1.23. The second-order valence-electron chi connectivity index (χ2n) is 2.95. The average molecular weight is 176 g/mol. The van der Waals surface area contributed by atoms with Crippen molar-refractivity contribution < 1.29 is 9.52 Å². The molecule has 2 rings (SSSR count). The van der Waals surface area contributed by atoms with Crippen molar-refractivity contribution in [3.05, 3.63) is 40.2 Å². The van der Waals surface area contributed by atoms with Crippen molar-refractivity contribution in [2.24, 2.45) is 0 Å². The van der Waals surface area contributed by atoms with E-state index in [4.69, 9.17) is 9.52 Å². The summed E-state index contributed by atoms with van der Waals surface area (Å²) < 4.78 is 5.05. The molecular formula is C10H8O3. The first kappa shape index (κ1) is 7.86. The topological polar surface area (TPSA) is 50.4 Å². The summed E-state index contributed by atoms with van der Waals surface area (Å²) >= 11 is 0. The second kappa shape index (κ2) is 2.62. The van der Waals surface area contributed by atoms with Crippen LogP contribution in [0.2, 0.25) is 0 Å². The van der Waals surface area contributed by atoms with Crippen LogP contribution in [0.25, 0.3) is 11.0 Å². The highest BCUT2D eigenvalue weighted by Gasteiger charge is 2.04. The summed E-state index contributed by atoms with van der Waals surface area (Å²) in [6.45, 7) is 1.91. The maximum Gasteiger partial charge on any atom is 0.234 e. The van der Waals surface area contributed by atoms with Crippen molar-refractivity contribution in [1.82, 2.24) is 0 Å². The molecule has 0 spiro atoms. The summed E-state index contributed by atoms with van der Waals surface area (Å²) in [4.78, 5) is 11.3. The van der Waals surface area contributed by atoms with Gasteiger partial charge in [0.1, 0.15) is 11.8 Å². The molecule has 1 N–H and O–H groups in total. The highest BCUT2D eigenvalue weighted by atomic mass is 16.3. The first-order valence-electron chi connectivity index (χ1n) is 3.89. The van der Waals surface area contributed by atoms with E-state index in [1.165, 1.54) is 0 Å². The minimum Gasteiger partial charge on any atom is -0.502 e. The van der Waals surface area contributed by atoms with Crippen LogP contribution in [0.5, 0.6) is 5.75 Å². The zero-order valence-electron chi connectivity index (χ0n) is 7.07. The zero-order valence-corrected chi connectivity index (χ0v) is 7.07. The van der Waals surface area contributed by atoms with Gasteiger partial charge in [-0.3, -0.25) is 4.79 Å². The molecule has 0 unspecified atom stereocenters. The molecule has 3 heteroatoms. The average Bonchev–Trinajstić information content (AvgIpc) is 2.12. The third kappa shape index (κ3) is 1.18. The van der Waals surface area contributed by atoms with Gasteiger partial charge >= 0.3 is 0 Å². The van der Waals surface area contributed by atoms with Crippen LogP contribution in [0, 0.1) is 6.92 Å². The molecule has 1 aromatic heterocycles. The normalized spacial score (nSPS) is 10.5. The van der Waals surface area contributed by atoms with E-state index in [0.717, 1.165) is 11.8 Å². The van der Waals surface area contributed by atoms with E-state index in [2.05, 4.69) is 0 Å². The molecule has 3 nitrogen and oxygen atoms in total. The molecule has 0 saturated heterocycles. The quantitative estimate of drug-likeness (QED) is 0.665. The third-order valence-electron chi connectivity index (χ3n) is 1.91. The number of aromatic hydroxyl groups is 1. The van der Waals surface area contributed by atoms with Crippen LogP contribution < -0.4 is 5.43 Å². The standard InChI is InChI=1S/C10H8O3/c1-6-2-3-7-9(4-6)13-5-8(11)10(7)12/h2-5,11H,1H3. The molecule has 2 aromatic rings. The number of benzene rings is 1. The molecule has 13 heavy (non-hydrogen) atoms. The molecule has 66 valence electrons. The van der Waals surface area contributed by atoms with Gasteiger partial charge in [-0.05, 0) is 24.6 Å². The smallest absolute Gasteiger partial charge is 0.234 e. The van der Waals surface area contributed by atoms with Crippen molar-refractivity contribution in [2.75, 3.05) is 0 Å². The SMILES string of the molecule is Cc1ccc2c(=O)c(O)coc2c1. The van der Waals surface area contributed by atoms with E-state index in [1.807, 2.05) is 6.92 Å². The van der Waals surface area contributed by atoms with Crippen molar-refractivity contribution in [3.8, 4) is 5.75 Å². The van der Waals surface area contributed by atoms with E-state index in [9.17, 15) is 4.79 Å². The zero-order chi connectivity index (χ0) is 9.42. The van der Waals surface area contributed by atoms with Gasteiger partial charge in [0.25, 0.3) is 0 Å². The van der Waals surface area contributed by atoms with Crippen molar-refractivity contribution >= 4 is 11.0 Å². The fourth-order valence-corrected chi connectivity index (χ4v) is 1.23. The molecule has 0 fully saturated rings. The predicted octanol–water partition coefficient (Wildman–Crippen LogP) is 1.81. The Kier molecular flexibility index (Phi) is 1.59. The lowest BCUT2D eigenvalue weighted by Crippen LogP contribution is -1.99. The lowest BCUT2D eigenvalue weighted by atomic mass is 10.1. The fraction of sp³-hybridized carbons (Fsp3) is 0.100. The number of hydrogen-bond acceptors (Lipinski definition) is 3. The van der Waals surface area contributed by atoms with Gasteiger partial charge in [-0.1, -0.05) is 6.07 Å². The summed E-state index contributed by atoms with van der Waals surface area (Å²) in [5.41, 5.74) is 1.13. The Morgan fingerprint density at radius 1 is 1.38 bits per heavy atom. The first-order valence-corrected chi connectivity index (χ1v) is 3.89. The van der Waals surface area contributed by atoms with Gasteiger partial charge in [0.15, 0.2) is 5.75 Å². The van der Waals surface area contributed by atoms with E-state index in [-0.39, 0.29) is 11.2 Å². The van der Waals surface area contributed by atoms with Gasteiger partial charge in [0, 0.05) is 0 Å². The molecule has 1 heterocycles. The second-order valence-corrected chi connectivity index (χ2v) is 2.95. The molecule has 0 amide bonds. The Balaban J connectivity index is 2.95. The Labute approximate surface area is 74.2 Å². The summed E-state index contributed by atoms with van der Waals surface area (Å²) in [5.74, 6) is -0.351. The maximum atomic E-state index is 11.3. The highest BCUT2D eigenvalue weighted by Crippen LogP contribution is 2.15. The molecule has 0 saturated carbocycles. The van der Waals surface area contributed by atoms with E-state index in [1.54, 1.807) is 18.2 Å². The lowest BCUT2D eigenvalue weighted by molar-refractivity contribution is 0.442. The van der Waals surface area contributed by atoms with Gasteiger partial charge in [0.05, 0.1) is 5.39 Å². The number of rotatable bonds is 0. The Bertz CT molecular complexity index is 511. The van der Waals surface area contributed by atoms with Crippen molar-refractivity contribution in [3.63, 3.8) is 0 Å². The largest absolute Gasteiger partial charge is 0.502 e. The molecule has 1 aromatic carbocycles. The maximum absolute atomic E-state index is 11.3. The summed E-state index contributed by atoms with van der Waals surface area (Å²) in [5, 5.41) is 9.49. The predicted molar refractivity (Wildman–Crippen MR) is 48.9 cm³/mol. The Morgan fingerprint density at radius 2 is 2.15 bits per heavy atom. The van der Waals surface area contributed by atoms with Crippen LogP contribution in [0.1, 0.15) is 5.56 Å². The minimum absolute atomic E-state index is 0.351. The lowest BCUT2D eigenvalue weighted by Gasteiger charge is -1.97. The molecule has 0 bridgehead atoms. The number of hydrogen-bond donors (Lipinski definition) is 1. The highest BCUT2D eigenvalue weighted by molar-refractivity contribution is 5.77. The Morgan fingerprint density at radius 3 is 2.92 bits per heavy atom. The van der Waals surface area contributed by atoms with E-state index < -0.39 is 0 Å². The van der Waals surface area contributed by atoms with Crippen molar-refractivity contribution in [1.29, 1.82) is 0 Å².